The van der Waals surface area contributed by atoms with Crippen LogP contribution in [0, 0.1) is 0 Å². The monoisotopic (exact) mass is 188 g/mol. The average molecular weight is 188 g/mol. The molecular weight excluding hydrogens is 181 g/mol. The molecule has 1 aromatic rings. The molecule has 0 saturated heterocycles. The van der Waals surface area contributed by atoms with Crippen molar-refractivity contribution in [2.45, 2.75) is 18.7 Å². The van der Waals surface area contributed by atoms with Crippen molar-refractivity contribution in [3.63, 3.8) is 0 Å². The van der Waals surface area contributed by atoms with E-state index < -0.39 is 17.8 Å². The molecule has 4 heteroatoms. The van der Waals surface area contributed by atoms with Crippen LogP contribution in [0.4, 0.5) is 13.2 Å². The molecule has 2 rings (SSSR count). The van der Waals surface area contributed by atoms with E-state index in [1.165, 1.54) is 12.1 Å². The Labute approximate surface area is 72.8 Å². The molecule has 0 bridgehead atoms. The van der Waals surface area contributed by atoms with Gasteiger partial charge in [0.05, 0.1) is 11.7 Å². The number of benzene rings is 1. The summed E-state index contributed by atoms with van der Waals surface area (Å²) >= 11 is 0. The Kier molecular flexibility index (Phi) is 1.63. The van der Waals surface area contributed by atoms with Crippen LogP contribution in [-0.4, -0.2) is 5.11 Å². The van der Waals surface area contributed by atoms with Crippen LogP contribution in [0.25, 0.3) is 0 Å². The van der Waals surface area contributed by atoms with Crippen LogP contribution in [0.2, 0.25) is 0 Å². The standard InChI is InChI=1S/C9H7F3O/c10-9(11,12)7-3-1-2-5-6(7)4-8(5)13/h1-3,8,13H,4H2. The highest BCUT2D eigenvalue weighted by molar-refractivity contribution is 5.45. The molecule has 1 atom stereocenters. The lowest BCUT2D eigenvalue weighted by atomic mass is 9.82. The zero-order valence-electron chi connectivity index (χ0n) is 6.60. The first-order valence-corrected chi connectivity index (χ1v) is 3.87. The number of aliphatic hydroxyl groups is 1. The summed E-state index contributed by atoms with van der Waals surface area (Å²) in [5.41, 5.74) is 0.0348. The summed E-state index contributed by atoms with van der Waals surface area (Å²) in [6.07, 6.45) is -4.89. The maximum Gasteiger partial charge on any atom is 0.416 e. The third-order valence-corrected chi connectivity index (χ3v) is 2.27. The van der Waals surface area contributed by atoms with Gasteiger partial charge in [0.25, 0.3) is 0 Å². The van der Waals surface area contributed by atoms with Crippen molar-refractivity contribution in [1.29, 1.82) is 0 Å². The molecule has 0 spiro atoms. The van der Waals surface area contributed by atoms with Crippen LogP contribution in [0.5, 0.6) is 0 Å². The molecule has 70 valence electrons. The second-order valence-electron chi connectivity index (χ2n) is 3.09. The van der Waals surface area contributed by atoms with Gasteiger partial charge in [-0.2, -0.15) is 13.2 Å². The summed E-state index contributed by atoms with van der Waals surface area (Å²) in [7, 11) is 0. The second-order valence-corrected chi connectivity index (χ2v) is 3.09. The minimum Gasteiger partial charge on any atom is -0.388 e. The summed E-state index contributed by atoms with van der Waals surface area (Å²) in [5, 5.41) is 9.12. The van der Waals surface area contributed by atoms with Crippen LogP contribution in [-0.2, 0) is 12.6 Å². The zero-order chi connectivity index (χ0) is 9.64. The Hall–Kier alpha value is -1.03. The van der Waals surface area contributed by atoms with E-state index in [-0.39, 0.29) is 12.0 Å². The number of hydrogen-bond donors (Lipinski definition) is 1. The van der Waals surface area contributed by atoms with E-state index in [9.17, 15) is 13.2 Å². The van der Waals surface area contributed by atoms with Crippen molar-refractivity contribution in [3.05, 3.63) is 34.9 Å². The number of halogens is 3. The van der Waals surface area contributed by atoms with Crippen molar-refractivity contribution < 1.29 is 18.3 Å². The van der Waals surface area contributed by atoms with E-state index in [0.717, 1.165) is 6.07 Å². The van der Waals surface area contributed by atoms with Crippen LogP contribution in [0.3, 0.4) is 0 Å². The van der Waals surface area contributed by atoms with E-state index >= 15 is 0 Å². The molecule has 1 aromatic carbocycles. The van der Waals surface area contributed by atoms with Crippen molar-refractivity contribution in [3.8, 4) is 0 Å². The molecule has 0 fully saturated rings. The van der Waals surface area contributed by atoms with Crippen molar-refractivity contribution in [1.82, 2.24) is 0 Å². The fourth-order valence-corrected chi connectivity index (χ4v) is 1.58. The Bertz CT molecular complexity index is 343. The molecule has 1 N–H and O–H groups in total. The number of aliphatic hydroxyl groups excluding tert-OH is 1. The molecule has 1 nitrogen and oxygen atoms in total. The third-order valence-electron chi connectivity index (χ3n) is 2.27. The van der Waals surface area contributed by atoms with Crippen molar-refractivity contribution >= 4 is 0 Å². The normalized spacial score (nSPS) is 20.8. The summed E-state index contributed by atoms with van der Waals surface area (Å²) < 4.78 is 36.9. The molecule has 0 aromatic heterocycles. The van der Waals surface area contributed by atoms with Gasteiger partial charge in [0.2, 0.25) is 0 Å². The molecule has 0 heterocycles. The van der Waals surface area contributed by atoms with Crippen LogP contribution in [0.15, 0.2) is 18.2 Å². The lowest BCUT2D eigenvalue weighted by Crippen LogP contribution is -2.22. The summed E-state index contributed by atoms with van der Waals surface area (Å²) in [4.78, 5) is 0. The van der Waals surface area contributed by atoms with Crippen LogP contribution >= 0.6 is 0 Å². The molecule has 13 heavy (non-hydrogen) atoms. The van der Waals surface area contributed by atoms with E-state index in [1.807, 2.05) is 0 Å². The highest BCUT2D eigenvalue weighted by Crippen LogP contribution is 2.41. The first kappa shape index (κ1) is 8.56. The lowest BCUT2D eigenvalue weighted by Gasteiger charge is -2.28. The van der Waals surface area contributed by atoms with Crippen molar-refractivity contribution in [2.75, 3.05) is 0 Å². The summed E-state index contributed by atoms with van der Waals surface area (Å²) in [5.74, 6) is 0. The van der Waals surface area contributed by atoms with Gasteiger partial charge in [0, 0.05) is 6.42 Å². The minimum atomic E-state index is -4.30. The molecule has 1 aliphatic carbocycles. The van der Waals surface area contributed by atoms with E-state index in [2.05, 4.69) is 0 Å². The van der Waals surface area contributed by atoms with Crippen LogP contribution in [0.1, 0.15) is 22.8 Å². The quantitative estimate of drug-likeness (QED) is 0.662. The molecule has 0 aliphatic heterocycles. The number of rotatable bonds is 0. The van der Waals surface area contributed by atoms with Gasteiger partial charge in [0.1, 0.15) is 0 Å². The van der Waals surface area contributed by atoms with Gasteiger partial charge < -0.3 is 5.11 Å². The Morgan fingerprint density at radius 2 is 2.00 bits per heavy atom. The first-order valence-electron chi connectivity index (χ1n) is 3.87. The lowest BCUT2D eigenvalue weighted by molar-refractivity contribution is -0.139. The predicted molar refractivity (Wildman–Crippen MR) is 40.1 cm³/mol. The molecule has 1 aliphatic rings. The number of hydrogen-bond acceptors (Lipinski definition) is 1. The van der Waals surface area contributed by atoms with Gasteiger partial charge in [-0.25, -0.2) is 0 Å². The van der Waals surface area contributed by atoms with Gasteiger partial charge in [-0.3, -0.25) is 0 Å². The van der Waals surface area contributed by atoms with Gasteiger partial charge in [-0.05, 0) is 17.2 Å². The largest absolute Gasteiger partial charge is 0.416 e. The van der Waals surface area contributed by atoms with Gasteiger partial charge in [-0.15, -0.1) is 0 Å². The summed E-state index contributed by atoms with van der Waals surface area (Å²) in [6, 6.07) is 3.90. The highest BCUT2D eigenvalue weighted by Gasteiger charge is 2.38. The first-order chi connectivity index (χ1) is 6.00. The maximum absolute atomic E-state index is 12.3. The number of alkyl halides is 3. The minimum absolute atomic E-state index is 0.116. The SMILES string of the molecule is OC1Cc2c1cccc2C(F)(F)F. The Morgan fingerprint density at radius 3 is 2.54 bits per heavy atom. The Morgan fingerprint density at radius 1 is 1.31 bits per heavy atom. The van der Waals surface area contributed by atoms with Gasteiger partial charge in [-0.1, -0.05) is 12.1 Å². The van der Waals surface area contributed by atoms with E-state index in [1.54, 1.807) is 0 Å². The van der Waals surface area contributed by atoms with Crippen molar-refractivity contribution in [2.24, 2.45) is 0 Å². The molecule has 0 saturated carbocycles. The second kappa shape index (κ2) is 2.48. The van der Waals surface area contributed by atoms with Gasteiger partial charge in [0.15, 0.2) is 0 Å². The Balaban J connectivity index is 2.50. The van der Waals surface area contributed by atoms with E-state index in [4.69, 9.17) is 5.11 Å². The molecule has 0 amide bonds. The zero-order valence-corrected chi connectivity index (χ0v) is 6.60. The van der Waals surface area contributed by atoms with E-state index in [0.29, 0.717) is 5.56 Å². The number of fused-ring (bicyclic) bond motifs is 1. The average Bonchev–Trinajstić information content (AvgIpc) is 2.00. The fourth-order valence-electron chi connectivity index (χ4n) is 1.58. The van der Waals surface area contributed by atoms with Crippen LogP contribution < -0.4 is 0 Å². The maximum atomic E-state index is 12.3. The van der Waals surface area contributed by atoms with Gasteiger partial charge >= 0.3 is 6.18 Å². The smallest absolute Gasteiger partial charge is 0.388 e. The summed E-state index contributed by atoms with van der Waals surface area (Å²) in [6.45, 7) is 0. The molecule has 1 unspecified atom stereocenters. The topological polar surface area (TPSA) is 20.2 Å². The molecule has 0 radical (unpaired) electrons. The third kappa shape index (κ3) is 1.21. The molecular formula is C9H7F3O. The highest BCUT2D eigenvalue weighted by atomic mass is 19.4. The predicted octanol–water partition coefficient (Wildman–Crippen LogP) is 2.29. The fraction of sp³-hybridized carbons (Fsp3) is 0.333.